The van der Waals surface area contributed by atoms with Gasteiger partial charge in [0, 0.05) is 28.9 Å². The molecule has 1 nitrogen and oxygen atoms in total. The molecule has 9 aromatic rings. The molecule has 0 saturated heterocycles. The van der Waals surface area contributed by atoms with Crippen LogP contribution < -0.4 is 4.90 Å². The van der Waals surface area contributed by atoms with Crippen molar-refractivity contribution in [2.45, 2.75) is 5.41 Å². The van der Waals surface area contributed by atoms with Gasteiger partial charge < -0.3 is 4.90 Å². The Morgan fingerprint density at radius 3 is 1.97 bits per heavy atom. The van der Waals surface area contributed by atoms with Crippen molar-refractivity contribution in [3.8, 4) is 22.3 Å². The van der Waals surface area contributed by atoms with E-state index < -0.39 is 53.4 Å². The quantitative estimate of drug-likeness (QED) is 0.0977. The van der Waals surface area contributed by atoms with Crippen LogP contribution in [0.25, 0.3) is 55.4 Å². The van der Waals surface area contributed by atoms with Crippen molar-refractivity contribution in [3.63, 3.8) is 0 Å². The van der Waals surface area contributed by atoms with E-state index in [0.29, 0.717) is 17.7 Å². The molecule has 0 bridgehead atoms. The topological polar surface area (TPSA) is 3.24 Å². The molecule has 2 atom stereocenters. The van der Waals surface area contributed by atoms with Gasteiger partial charge in [0.1, 0.15) is 0 Å². The van der Waals surface area contributed by atoms with E-state index in [1.165, 1.54) is 4.90 Å². The summed E-state index contributed by atoms with van der Waals surface area (Å²) in [7, 11) is 0. The Hall–Kier alpha value is -8.52. The summed E-state index contributed by atoms with van der Waals surface area (Å²) in [5.41, 5.74) is 4.60. The molecule has 0 aliphatic heterocycles. The molecule has 3 aliphatic carbocycles. The van der Waals surface area contributed by atoms with Gasteiger partial charge in [-0.2, -0.15) is 0 Å². The summed E-state index contributed by atoms with van der Waals surface area (Å²) in [6.07, 6.45) is 14.7. The molecular weight excluding hydrogens is 819 g/mol. The molecule has 9 aromatic carbocycles. The van der Waals surface area contributed by atoms with Crippen LogP contribution in [-0.4, -0.2) is 0 Å². The molecule has 322 valence electrons. The molecule has 0 saturated carbocycles. The predicted molar refractivity (Wildman–Crippen MR) is 289 cm³/mol. The highest BCUT2D eigenvalue weighted by Gasteiger charge is 2.46. The molecule has 2 unspecified atom stereocenters. The van der Waals surface area contributed by atoms with Crippen LogP contribution in [-0.2, 0) is 5.41 Å². The fourth-order valence-electron chi connectivity index (χ4n) is 10.3. The molecule has 0 N–H and O–H groups in total. The lowest BCUT2D eigenvalue weighted by atomic mass is 9.67. The van der Waals surface area contributed by atoms with Crippen LogP contribution in [0.15, 0.2) is 279 Å². The Labute approximate surface area is 416 Å². The molecule has 0 heterocycles. The Balaban J connectivity index is 1.10. The van der Waals surface area contributed by atoms with E-state index in [2.05, 4.69) is 36.4 Å². The largest absolute Gasteiger partial charge is 0.311 e. The minimum absolute atomic E-state index is 0.0562. The highest BCUT2D eigenvalue weighted by molar-refractivity contribution is 6.13. The molecule has 1 heteroatoms. The fourth-order valence-corrected chi connectivity index (χ4v) is 10.3. The Bertz CT molecular complexity index is 4190. The fraction of sp³-hybridized carbons (Fsp3) is 0.0448. The number of anilines is 2. The Morgan fingerprint density at radius 1 is 0.559 bits per heavy atom. The molecule has 12 rings (SSSR count). The van der Waals surface area contributed by atoms with E-state index in [4.69, 9.17) is 1.37 Å². The van der Waals surface area contributed by atoms with Crippen LogP contribution in [0.1, 0.15) is 49.8 Å². The van der Waals surface area contributed by atoms with Gasteiger partial charge in [0.2, 0.25) is 0 Å². The second-order valence-corrected chi connectivity index (χ2v) is 17.1. The van der Waals surface area contributed by atoms with E-state index >= 15 is 0 Å². The zero-order valence-corrected chi connectivity index (χ0v) is 36.8. The lowest BCUT2D eigenvalue weighted by Crippen LogP contribution is -2.28. The maximum atomic E-state index is 9.96. The van der Waals surface area contributed by atoms with Gasteiger partial charge >= 0.3 is 0 Å². The monoisotopic (exact) mass is 879 g/mol. The van der Waals surface area contributed by atoms with Gasteiger partial charge in [-0.3, -0.25) is 0 Å². The first kappa shape index (κ1) is 29.9. The first-order chi connectivity index (χ1) is 38.8. The van der Waals surface area contributed by atoms with E-state index in [1.807, 2.05) is 152 Å². The van der Waals surface area contributed by atoms with E-state index in [-0.39, 0.29) is 64.1 Å². The smallest absolute Gasteiger partial charge is 0.0714 e. The number of hydrogen-bond donors (Lipinski definition) is 0. The maximum absolute atomic E-state index is 9.96. The van der Waals surface area contributed by atoms with E-state index in [1.54, 1.807) is 12.1 Å². The van der Waals surface area contributed by atoms with Crippen LogP contribution >= 0.6 is 0 Å². The van der Waals surface area contributed by atoms with Crippen molar-refractivity contribution < 1.29 is 16.4 Å². The Kier molecular flexibility index (Phi) is 7.64. The first-order valence-electron chi connectivity index (χ1n) is 28.8. The summed E-state index contributed by atoms with van der Waals surface area (Å²) in [6.45, 7) is 0.676. The van der Waals surface area contributed by atoms with Gasteiger partial charge in [0.25, 0.3) is 0 Å². The van der Waals surface area contributed by atoms with Crippen LogP contribution in [0.5, 0.6) is 0 Å². The van der Waals surface area contributed by atoms with Gasteiger partial charge in [-0.25, -0.2) is 0 Å². The molecule has 0 radical (unpaired) electrons. The molecule has 0 amide bonds. The third-order valence-electron chi connectivity index (χ3n) is 13.4. The maximum Gasteiger partial charge on any atom is 0.0714 e. The van der Waals surface area contributed by atoms with Gasteiger partial charge in [-0.1, -0.05) is 237 Å². The van der Waals surface area contributed by atoms with E-state index in [0.717, 1.165) is 61.0 Å². The second-order valence-electron chi connectivity index (χ2n) is 17.1. The molecular formula is C67H49N. The summed E-state index contributed by atoms with van der Waals surface area (Å²) < 4.78 is 114. The highest BCUT2D eigenvalue weighted by atomic mass is 15.1. The average Bonchev–Trinajstić information content (AvgIpc) is 3.31. The lowest BCUT2D eigenvalue weighted by molar-refractivity contribution is 0.663. The number of rotatable bonds is 10. The highest BCUT2D eigenvalue weighted by Crippen LogP contribution is 2.57. The van der Waals surface area contributed by atoms with Gasteiger partial charge in [0.15, 0.2) is 0 Å². The van der Waals surface area contributed by atoms with Crippen molar-refractivity contribution >= 4 is 44.6 Å². The standard InChI is InChI=1S/C67H49N/c1-2-56(26-17-18-47-32-34-50(35-33-47)64-45-53-21-11-12-27-59(53)60-28-13-14-29-61(60)64)68(57-40-38-49(39-41-57)52-37-36-48-19-9-10-20-51(48)44-52)58-42-43-63-62-30-15-16-31-65(62)67(66(63)46-58,54-22-5-3-6-23-54)55-24-7-4-8-25-55/h2-46,48,51H,1H2/b18-17+,56-26+/i1D,2D,17D,26D,32D,33D,34D,35D,38D,39D,40D,41D/b2-1?,18-17+,56-26+. The average molecular weight is 880 g/mol. The molecule has 0 fully saturated rings. The van der Waals surface area contributed by atoms with Crippen LogP contribution in [0.4, 0.5) is 11.4 Å². The van der Waals surface area contributed by atoms with Crippen molar-refractivity contribution in [1.29, 1.82) is 0 Å². The number of fused-ring (bicyclic) bond motifs is 7. The summed E-state index contributed by atoms with van der Waals surface area (Å²) in [6, 6.07) is 45.2. The predicted octanol–water partition coefficient (Wildman–Crippen LogP) is 17.3. The molecule has 0 spiro atoms. The van der Waals surface area contributed by atoms with Crippen molar-refractivity contribution in [3.05, 3.63) is 312 Å². The number of benzene rings is 9. The third-order valence-corrected chi connectivity index (χ3v) is 13.4. The summed E-state index contributed by atoms with van der Waals surface area (Å²) in [4.78, 5) is 1.26. The minimum atomic E-state index is -0.972. The zero-order valence-electron chi connectivity index (χ0n) is 48.8. The molecule has 0 aromatic heterocycles. The molecule has 3 aliphatic rings. The molecule has 68 heavy (non-hydrogen) atoms. The van der Waals surface area contributed by atoms with Crippen LogP contribution in [0, 0.1) is 11.8 Å². The van der Waals surface area contributed by atoms with Crippen molar-refractivity contribution in [1.82, 2.24) is 0 Å². The normalized spacial score (nSPS) is 19.7. The van der Waals surface area contributed by atoms with Crippen molar-refractivity contribution in [2.24, 2.45) is 11.8 Å². The number of allylic oxidation sites excluding steroid dienone is 11. The summed E-state index contributed by atoms with van der Waals surface area (Å²) in [5.74, 6) is -0.0275. The van der Waals surface area contributed by atoms with Crippen LogP contribution in [0.3, 0.4) is 0 Å². The van der Waals surface area contributed by atoms with Crippen LogP contribution in [0.2, 0.25) is 0 Å². The second kappa shape index (κ2) is 17.4. The van der Waals surface area contributed by atoms with Gasteiger partial charge in [-0.05, 0) is 125 Å². The number of hydrogen-bond acceptors (Lipinski definition) is 1. The SMILES string of the molecule is [2H]C=C([2H])/C(=C([2H])\C([2H])=C\c1c([2H])c([2H])c(-c2cc3ccccc3c3ccccc23)c([2H])c1[2H])N(c1ccc2c(c1)C(c1ccccc1)(c1ccccc1)c1ccccc1-2)c1c([2H])c([2H])c(C2=CC3C=CC=CC3C=C2)c([2H])c1[2H]. The van der Waals surface area contributed by atoms with Gasteiger partial charge in [-0.15, -0.1) is 0 Å². The lowest BCUT2D eigenvalue weighted by Gasteiger charge is -2.35. The van der Waals surface area contributed by atoms with Crippen molar-refractivity contribution in [2.75, 3.05) is 4.90 Å². The Morgan fingerprint density at radius 2 is 1.21 bits per heavy atom. The first-order valence-corrected chi connectivity index (χ1v) is 22.7. The van der Waals surface area contributed by atoms with Gasteiger partial charge in [0.05, 0.1) is 21.9 Å². The summed E-state index contributed by atoms with van der Waals surface area (Å²) in [5, 5.41) is 3.40. The zero-order chi connectivity index (χ0) is 55.7. The number of nitrogens with zero attached hydrogens (tertiary/aromatic N) is 1. The summed E-state index contributed by atoms with van der Waals surface area (Å²) >= 11 is 0. The van der Waals surface area contributed by atoms with E-state index in [9.17, 15) is 15.1 Å². The third kappa shape index (κ3) is 7.03. The minimum Gasteiger partial charge on any atom is -0.311 e.